The maximum atomic E-state index is 12.5. The number of carbonyl (C=O) groups is 3. The van der Waals surface area contributed by atoms with Crippen molar-refractivity contribution in [3.63, 3.8) is 0 Å². The van der Waals surface area contributed by atoms with Gasteiger partial charge in [-0.25, -0.2) is 0 Å². The number of likely N-dealkylation sites (tertiary alicyclic amines) is 1. The molecule has 1 heterocycles. The molecule has 0 bridgehead atoms. The molecule has 0 saturated carbocycles. The van der Waals surface area contributed by atoms with E-state index in [0.717, 1.165) is 10.0 Å². The Morgan fingerprint density at radius 2 is 1.72 bits per heavy atom. The highest BCUT2D eigenvalue weighted by molar-refractivity contribution is 9.10. The van der Waals surface area contributed by atoms with Crippen molar-refractivity contribution in [3.05, 3.63) is 58.1 Å². The lowest BCUT2D eigenvalue weighted by Crippen LogP contribution is -2.33. The molecule has 1 aliphatic heterocycles. The lowest BCUT2D eigenvalue weighted by atomic mass is 10.1. The second kappa shape index (κ2) is 8.78. The molecule has 6 nitrogen and oxygen atoms in total. The van der Waals surface area contributed by atoms with Crippen molar-refractivity contribution in [1.82, 2.24) is 4.90 Å². The van der Waals surface area contributed by atoms with Crippen molar-refractivity contribution in [2.24, 2.45) is 5.92 Å². The molecule has 7 heteroatoms. The molecular formula is C22H24BrN3O3. The Morgan fingerprint density at radius 1 is 1.07 bits per heavy atom. The van der Waals surface area contributed by atoms with Gasteiger partial charge in [-0.05, 0) is 68.8 Å². The molecule has 29 heavy (non-hydrogen) atoms. The van der Waals surface area contributed by atoms with Gasteiger partial charge in [-0.2, -0.15) is 0 Å². The number of hydrogen-bond acceptors (Lipinski definition) is 3. The minimum atomic E-state index is -0.353. The molecular weight excluding hydrogens is 434 g/mol. The van der Waals surface area contributed by atoms with Crippen molar-refractivity contribution in [3.8, 4) is 0 Å². The molecule has 1 aliphatic rings. The lowest BCUT2D eigenvalue weighted by molar-refractivity contribution is -0.129. The highest BCUT2D eigenvalue weighted by atomic mass is 79.9. The molecule has 0 aromatic heterocycles. The number of anilines is 2. The zero-order valence-corrected chi connectivity index (χ0v) is 18.2. The van der Waals surface area contributed by atoms with Gasteiger partial charge in [-0.3, -0.25) is 14.4 Å². The highest BCUT2D eigenvalue weighted by Gasteiger charge is 2.35. The molecule has 0 spiro atoms. The Kier molecular flexibility index (Phi) is 6.37. The van der Waals surface area contributed by atoms with Crippen LogP contribution >= 0.6 is 15.9 Å². The topological polar surface area (TPSA) is 78.5 Å². The molecule has 1 atom stereocenters. The van der Waals surface area contributed by atoms with Crippen molar-refractivity contribution >= 4 is 45.0 Å². The van der Waals surface area contributed by atoms with E-state index >= 15 is 0 Å². The van der Waals surface area contributed by atoms with E-state index in [1.54, 1.807) is 29.2 Å². The first-order valence-corrected chi connectivity index (χ1v) is 10.3. The van der Waals surface area contributed by atoms with E-state index in [9.17, 15) is 14.4 Å². The predicted molar refractivity (Wildman–Crippen MR) is 117 cm³/mol. The van der Waals surface area contributed by atoms with Crippen LogP contribution < -0.4 is 10.6 Å². The maximum absolute atomic E-state index is 12.5. The minimum absolute atomic E-state index is 0.00958. The molecule has 1 unspecified atom stereocenters. The van der Waals surface area contributed by atoms with Crippen LogP contribution in [0, 0.1) is 12.8 Å². The SMILES string of the molecule is Cc1cc(NC(=O)c2ccc(NC(=O)C3CC(=O)N(C(C)C)C3)cc2)ccc1Br. The Bertz CT molecular complexity index is 941. The summed E-state index contributed by atoms with van der Waals surface area (Å²) in [6.45, 7) is 6.28. The van der Waals surface area contributed by atoms with E-state index < -0.39 is 0 Å². The smallest absolute Gasteiger partial charge is 0.255 e. The molecule has 1 fully saturated rings. The van der Waals surface area contributed by atoms with E-state index in [0.29, 0.717) is 23.5 Å². The number of benzene rings is 2. The van der Waals surface area contributed by atoms with E-state index in [4.69, 9.17) is 0 Å². The Morgan fingerprint density at radius 3 is 2.31 bits per heavy atom. The van der Waals surface area contributed by atoms with Gasteiger partial charge in [0.15, 0.2) is 0 Å². The van der Waals surface area contributed by atoms with Gasteiger partial charge in [0, 0.05) is 40.4 Å². The van der Waals surface area contributed by atoms with Crippen molar-refractivity contribution in [1.29, 1.82) is 0 Å². The zero-order chi connectivity index (χ0) is 21.1. The van der Waals surface area contributed by atoms with Crippen LogP contribution in [0.15, 0.2) is 46.9 Å². The first kappa shape index (κ1) is 21.0. The summed E-state index contributed by atoms with van der Waals surface area (Å²) in [5.41, 5.74) is 2.84. The maximum Gasteiger partial charge on any atom is 0.255 e. The van der Waals surface area contributed by atoms with Gasteiger partial charge in [0.05, 0.1) is 5.92 Å². The summed E-state index contributed by atoms with van der Waals surface area (Å²) in [6, 6.07) is 12.4. The van der Waals surface area contributed by atoms with Gasteiger partial charge in [-0.1, -0.05) is 15.9 Å². The zero-order valence-electron chi connectivity index (χ0n) is 16.7. The van der Waals surface area contributed by atoms with E-state index in [1.807, 2.05) is 39.0 Å². The van der Waals surface area contributed by atoms with Crippen LogP contribution in [0.2, 0.25) is 0 Å². The molecule has 0 aliphatic carbocycles. The van der Waals surface area contributed by atoms with Gasteiger partial charge in [0.2, 0.25) is 11.8 Å². The highest BCUT2D eigenvalue weighted by Crippen LogP contribution is 2.23. The van der Waals surface area contributed by atoms with Crippen LogP contribution in [0.25, 0.3) is 0 Å². The molecule has 2 N–H and O–H groups in total. The standard InChI is InChI=1S/C22H24BrN3O3/c1-13(2)26-12-16(11-20(26)27)22(29)24-17-6-4-15(5-7-17)21(28)25-18-8-9-19(23)14(3)10-18/h4-10,13,16H,11-12H2,1-3H3,(H,24,29)(H,25,28). The molecule has 3 rings (SSSR count). The van der Waals surface area contributed by atoms with E-state index in [2.05, 4.69) is 26.6 Å². The molecule has 152 valence electrons. The average Bonchev–Trinajstić information content (AvgIpc) is 3.07. The number of hydrogen-bond donors (Lipinski definition) is 2. The fraction of sp³-hybridized carbons (Fsp3) is 0.318. The number of nitrogens with one attached hydrogen (secondary N) is 2. The summed E-state index contributed by atoms with van der Waals surface area (Å²) in [4.78, 5) is 38.6. The largest absolute Gasteiger partial charge is 0.339 e. The summed E-state index contributed by atoms with van der Waals surface area (Å²) in [5.74, 6) is -0.744. The summed E-state index contributed by atoms with van der Waals surface area (Å²) in [7, 11) is 0. The Balaban J connectivity index is 1.59. The molecule has 3 amide bonds. The first-order chi connectivity index (χ1) is 13.7. The van der Waals surface area contributed by atoms with Gasteiger partial charge in [0.25, 0.3) is 5.91 Å². The Labute approximate surface area is 178 Å². The number of nitrogens with zero attached hydrogens (tertiary/aromatic N) is 1. The normalized spacial score (nSPS) is 16.2. The van der Waals surface area contributed by atoms with Crippen LogP contribution in [-0.2, 0) is 9.59 Å². The van der Waals surface area contributed by atoms with Crippen LogP contribution in [0.5, 0.6) is 0 Å². The first-order valence-electron chi connectivity index (χ1n) is 9.52. The third-order valence-electron chi connectivity index (χ3n) is 4.98. The van der Waals surface area contributed by atoms with Gasteiger partial charge in [-0.15, -0.1) is 0 Å². The monoisotopic (exact) mass is 457 g/mol. The van der Waals surface area contributed by atoms with Crippen LogP contribution in [0.1, 0.15) is 36.2 Å². The van der Waals surface area contributed by atoms with Gasteiger partial charge >= 0.3 is 0 Å². The van der Waals surface area contributed by atoms with E-state index in [-0.39, 0.29) is 36.1 Å². The fourth-order valence-electron chi connectivity index (χ4n) is 3.28. The number of amides is 3. The average molecular weight is 458 g/mol. The summed E-state index contributed by atoms with van der Waals surface area (Å²) < 4.78 is 0.982. The number of rotatable bonds is 5. The summed E-state index contributed by atoms with van der Waals surface area (Å²) in [5, 5.41) is 5.70. The second-order valence-corrected chi connectivity index (χ2v) is 8.38. The minimum Gasteiger partial charge on any atom is -0.339 e. The quantitative estimate of drug-likeness (QED) is 0.705. The van der Waals surface area contributed by atoms with Crippen molar-refractivity contribution < 1.29 is 14.4 Å². The van der Waals surface area contributed by atoms with Crippen LogP contribution in [0.4, 0.5) is 11.4 Å². The van der Waals surface area contributed by atoms with Gasteiger partial charge < -0.3 is 15.5 Å². The van der Waals surface area contributed by atoms with Crippen molar-refractivity contribution in [2.75, 3.05) is 17.2 Å². The Hall–Kier alpha value is -2.67. The molecule has 2 aromatic rings. The second-order valence-electron chi connectivity index (χ2n) is 7.53. The fourth-order valence-corrected chi connectivity index (χ4v) is 3.53. The summed E-state index contributed by atoms with van der Waals surface area (Å²) >= 11 is 3.44. The molecule has 2 aromatic carbocycles. The third kappa shape index (κ3) is 5.03. The molecule has 1 saturated heterocycles. The third-order valence-corrected chi connectivity index (χ3v) is 5.87. The predicted octanol–water partition coefficient (Wildman–Crippen LogP) is 4.21. The summed E-state index contributed by atoms with van der Waals surface area (Å²) in [6.07, 6.45) is 0.233. The lowest BCUT2D eigenvalue weighted by Gasteiger charge is -2.20. The van der Waals surface area contributed by atoms with Gasteiger partial charge in [0.1, 0.15) is 0 Å². The number of carbonyl (C=O) groups excluding carboxylic acids is 3. The number of aryl methyl sites for hydroxylation is 1. The van der Waals surface area contributed by atoms with Crippen molar-refractivity contribution in [2.45, 2.75) is 33.2 Å². The number of halogens is 1. The van der Waals surface area contributed by atoms with Crippen LogP contribution in [-0.4, -0.2) is 35.2 Å². The van der Waals surface area contributed by atoms with Crippen LogP contribution in [0.3, 0.4) is 0 Å². The van der Waals surface area contributed by atoms with E-state index in [1.165, 1.54) is 0 Å². The molecule has 0 radical (unpaired) electrons.